The van der Waals surface area contributed by atoms with Crippen LogP contribution in [0, 0.1) is 13.8 Å². The van der Waals surface area contributed by atoms with Crippen molar-refractivity contribution in [1.29, 1.82) is 0 Å². The van der Waals surface area contributed by atoms with E-state index in [1.807, 2.05) is 18.7 Å². The maximum absolute atomic E-state index is 4.81. The van der Waals surface area contributed by atoms with Crippen molar-refractivity contribution >= 4 is 29.9 Å². The maximum atomic E-state index is 4.81. The van der Waals surface area contributed by atoms with Crippen LogP contribution in [0.3, 0.4) is 0 Å². The number of fused-ring (bicyclic) bond motifs is 1. The summed E-state index contributed by atoms with van der Waals surface area (Å²) in [7, 11) is 1.98. The highest BCUT2D eigenvalue weighted by Crippen LogP contribution is 2.24. The number of aromatic nitrogens is 2. The minimum atomic E-state index is 0. The van der Waals surface area contributed by atoms with Gasteiger partial charge in [0.25, 0.3) is 0 Å². The van der Waals surface area contributed by atoms with Crippen LogP contribution in [-0.2, 0) is 26.4 Å². The summed E-state index contributed by atoms with van der Waals surface area (Å²) in [5.74, 6) is 0.852. The molecular weight excluding hydrogens is 461 g/mol. The van der Waals surface area contributed by atoms with Gasteiger partial charge < -0.3 is 10.6 Å². The lowest BCUT2D eigenvalue weighted by Crippen LogP contribution is -2.38. The summed E-state index contributed by atoms with van der Waals surface area (Å²) in [6.45, 7) is 9.93. The number of aryl methyl sites for hydroxylation is 4. The zero-order valence-corrected chi connectivity index (χ0v) is 20.1. The van der Waals surface area contributed by atoms with Gasteiger partial charge in [0.15, 0.2) is 5.96 Å². The van der Waals surface area contributed by atoms with Crippen LogP contribution in [0.4, 0.5) is 0 Å². The van der Waals surface area contributed by atoms with E-state index >= 15 is 0 Å². The molecule has 1 unspecified atom stereocenters. The first-order valence-electron chi connectivity index (χ1n) is 10.1. The number of guanidine groups is 1. The summed E-state index contributed by atoms with van der Waals surface area (Å²) in [6.07, 6.45) is 5.08. The molecule has 1 aromatic carbocycles. The number of nitrogens with zero attached hydrogens (tertiary/aromatic N) is 3. The highest BCUT2D eigenvalue weighted by atomic mass is 127. The van der Waals surface area contributed by atoms with Crippen molar-refractivity contribution < 1.29 is 0 Å². The monoisotopic (exact) mass is 495 g/mol. The summed E-state index contributed by atoms with van der Waals surface area (Å²) >= 11 is 0. The molecule has 1 atom stereocenters. The van der Waals surface area contributed by atoms with Crippen molar-refractivity contribution in [2.45, 2.75) is 66.0 Å². The molecule has 1 heterocycles. The van der Waals surface area contributed by atoms with E-state index in [2.05, 4.69) is 54.7 Å². The molecule has 6 heteroatoms. The molecular formula is C22H34IN5. The van der Waals surface area contributed by atoms with Crippen molar-refractivity contribution in [3.63, 3.8) is 0 Å². The molecule has 28 heavy (non-hydrogen) atoms. The number of halogens is 1. The van der Waals surface area contributed by atoms with E-state index in [4.69, 9.17) is 4.99 Å². The van der Waals surface area contributed by atoms with Crippen molar-refractivity contribution in [1.82, 2.24) is 20.4 Å². The van der Waals surface area contributed by atoms with Gasteiger partial charge in [-0.1, -0.05) is 18.2 Å². The van der Waals surface area contributed by atoms with Gasteiger partial charge in [0.2, 0.25) is 0 Å². The Morgan fingerprint density at radius 1 is 1.21 bits per heavy atom. The van der Waals surface area contributed by atoms with E-state index < -0.39 is 0 Å². The van der Waals surface area contributed by atoms with Crippen LogP contribution >= 0.6 is 24.0 Å². The number of benzene rings is 1. The third-order valence-corrected chi connectivity index (χ3v) is 5.62. The summed E-state index contributed by atoms with van der Waals surface area (Å²) in [4.78, 5) is 4.81. The molecule has 0 radical (unpaired) electrons. The summed E-state index contributed by atoms with van der Waals surface area (Å²) in [5, 5.41) is 11.4. The fourth-order valence-electron chi connectivity index (χ4n) is 3.84. The van der Waals surface area contributed by atoms with Crippen LogP contribution in [0.5, 0.6) is 0 Å². The Hall–Kier alpha value is -1.57. The molecule has 0 saturated carbocycles. The lowest BCUT2D eigenvalue weighted by atomic mass is 9.89. The van der Waals surface area contributed by atoms with Gasteiger partial charge in [0.05, 0.1) is 18.3 Å². The van der Waals surface area contributed by atoms with Gasteiger partial charge in [-0.2, -0.15) is 5.10 Å². The highest BCUT2D eigenvalue weighted by molar-refractivity contribution is 14.0. The predicted molar refractivity (Wildman–Crippen MR) is 128 cm³/mol. The molecule has 0 fully saturated rings. The number of aliphatic imine (C=N–C) groups is 1. The molecule has 2 aromatic rings. The minimum absolute atomic E-state index is 0. The SMILES string of the molecule is CCNC(=NCc1c(C)nn(C)c1C)NC(C)c1ccc2c(c1)CCCC2.I. The lowest BCUT2D eigenvalue weighted by molar-refractivity contribution is 0.665. The van der Waals surface area contributed by atoms with E-state index in [0.717, 1.165) is 18.2 Å². The molecule has 3 rings (SSSR count). The van der Waals surface area contributed by atoms with E-state index in [-0.39, 0.29) is 30.0 Å². The second kappa shape index (κ2) is 10.3. The smallest absolute Gasteiger partial charge is 0.192 e. The van der Waals surface area contributed by atoms with E-state index in [0.29, 0.717) is 6.54 Å². The van der Waals surface area contributed by atoms with Crippen LogP contribution in [0.25, 0.3) is 0 Å². The minimum Gasteiger partial charge on any atom is -0.357 e. The Balaban J connectivity index is 0.00000280. The van der Waals surface area contributed by atoms with Crippen LogP contribution in [-0.4, -0.2) is 22.3 Å². The van der Waals surface area contributed by atoms with Gasteiger partial charge in [-0.05, 0) is 70.1 Å². The van der Waals surface area contributed by atoms with Crippen molar-refractivity contribution in [3.8, 4) is 0 Å². The molecule has 1 aliphatic rings. The topological polar surface area (TPSA) is 54.2 Å². The molecule has 1 aromatic heterocycles. The first-order chi connectivity index (χ1) is 13.0. The van der Waals surface area contributed by atoms with Crippen molar-refractivity contribution in [2.75, 3.05) is 6.54 Å². The Morgan fingerprint density at radius 2 is 1.93 bits per heavy atom. The van der Waals surface area contributed by atoms with Crippen LogP contribution < -0.4 is 10.6 Å². The molecule has 154 valence electrons. The Labute approximate surface area is 186 Å². The van der Waals surface area contributed by atoms with Crippen LogP contribution in [0.2, 0.25) is 0 Å². The normalized spacial score (nSPS) is 14.8. The Bertz CT molecular complexity index is 825. The molecule has 0 bridgehead atoms. The second-order valence-corrected chi connectivity index (χ2v) is 7.57. The summed E-state index contributed by atoms with van der Waals surface area (Å²) in [6, 6.07) is 7.17. The standard InChI is InChI=1S/C22H33N5.HI/c1-6-23-22(24-14-21-16(3)26-27(5)17(21)4)25-15(2)19-12-11-18-9-7-8-10-20(18)13-19;/h11-13,15H,6-10,14H2,1-5H3,(H2,23,24,25);1H. The van der Waals surface area contributed by atoms with Gasteiger partial charge in [0, 0.05) is 24.8 Å². The summed E-state index contributed by atoms with van der Waals surface area (Å²) in [5.41, 5.74) is 7.81. The van der Waals surface area contributed by atoms with Gasteiger partial charge in [0.1, 0.15) is 0 Å². The Kier molecular flexibility index (Phi) is 8.34. The molecule has 2 N–H and O–H groups in total. The Morgan fingerprint density at radius 3 is 2.57 bits per heavy atom. The summed E-state index contributed by atoms with van der Waals surface area (Å²) < 4.78 is 1.93. The van der Waals surface area contributed by atoms with Crippen molar-refractivity contribution in [3.05, 3.63) is 51.8 Å². The number of nitrogens with one attached hydrogen (secondary N) is 2. The van der Waals surface area contributed by atoms with Crippen LogP contribution in [0.15, 0.2) is 23.2 Å². The first-order valence-corrected chi connectivity index (χ1v) is 10.1. The van der Waals surface area contributed by atoms with Gasteiger partial charge in [-0.25, -0.2) is 4.99 Å². The third-order valence-electron chi connectivity index (χ3n) is 5.62. The number of hydrogen-bond acceptors (Lipinski definition) is 2. The first kappa shape index (κ1) is 22.7. The second-order valence-electron chi connectivity index (χ2n) is 7.57. The molecule has 0 aliphatic heterocycles. The third kappa shape index (κ3) is 5.27. The predicted octanol–water partition coefficient (Wildman–Crippen LogP) is 4.35. The van der Waals surface area contributed by atoms with E-state index in [1.54, 1.807) is 0 Å². The molecule has 0 saturated heterocycles. The molecule has 5 nitrogen and oxygen atoms in total. The van der Waals surface area contributed by atoms with Crippen molar-refractivity contribution in [2.24, 2.45) is 12.0 Å². The van der Waals surface area contributed by atoms with Crippen LogP contribution in [0.1, 0.15) is 66.4 Å². The van der Waals surface area contributed by atoms with Gasteiger partial charge >= 0.3 is 0 Å². The van der Waals surface area contributed by atoms with E-state index in [1.165, 1.54) is 53.6 Å². The lowest BCUT2D eigenvalue weighted by Gasteiger charge is -2.21. The number of hydrogen-bond donors (Lipinski definition) is 2. The maximum Gasteiger partial charge on any atom is 0.192 e. The average Bonchev–Trinajstić information content (AvgIpc) is 2.91. The average molecular weight is 495 g/mol. The van der Waals surface area contributed by atoms with Gasteiger partial charge in [-0.3, -0.25) is 4.68 Å². The highest BCUT2D eigenvalue weighted by Gasteiger charge is 2.14. The fraction of sp³-hybridized carbons (Fsp3) is 0.545. The van der Waals surface area contributed by atoms with Gasteiger partial charge in [-0.15, -0.1) is 24.0 Å². The quantitative estimate of drug-likeness (QED) is 0.369. The number of rotatable bonds is 5. The largest absolute Gasteiger partial charge is 0.357 e. The van der Waals surface area contributed by atoms with E-state index in [9.17, 15) is 0 Å². The fourth-order valence-corrected chi connectivity index (χ4v) is 3.84. The molecule has 0 amide bonds. The molecule has 0 spiro atoms. The molecule has 1 aliphatic carbocycles. The zero-order chi connectivity index (χ0) is 19.4. The zero-order valence-electron chi connectivity index (χ0n) is 17.8.